The topological polar surface area (TPSA) is 54.8 Å². The van der Waals surface area contributed by atoms with Crippen LogP contribution in [0.15, 0.2) is 209 Å². The Labute approximate surface area is 323 Å². The van der Waals surface area contributed by atoms with Gasteiger partial charge in [-0.15, -0.1) is 0 Å². The van der Waals surface area contributed by atoms with E-state index < -0.39 is 6.17 Å². The van der Waals surface area contributed by atoms with E-state index in [9.17, 15) is 0 Å². The number of aromatic nitrogens is 1. The maximum atomic E-state index is 6.91. The first-order valence-electron chi connectivity index (χ1n) is 18.9. The third-order valence-electron chi connectivity index (χ3n) is 10.8. The first-order chi connectivity index (χ1) is 27.7. The number of fused-ring (bicyclic) bond motifs is 7. The van der Waals surface area contributed by atoms with E-state index in [4.69, 9.17) is 14.4 Å². The number of hydrogen-bond acceptors (Lipinski definition) is 4. The number of hydrogen-bond donors (Lipinski definition) is 1. The lowest BCUT2D eigenvalue weighted by Crippen LogP contribution is -2.36. The van der Waals surface area contributed by atoms with Crippen molar-refractivity contribution in [2.75, 3.05) is 0 Å². The average molecular weight is 719 g/mol. The van der Waals surface area contributed by atoms with Crippen molar-refractivity contribution in [3.8, 4) is 27.9 Å². The summed E-state index contributed by atoms with van der Waals surface area (Å²) in [6, 6.07) is 67.9. The highest BCUT2D eigenvalue weighted by Gasteiger charge is 2.24. The summed E-state index contributed by atoms with van der Waals surface area (Å²) in [5, 5.41) is 8.12. The highest BCUT2D eigenvalue weighted by molar-refractivity contribution is 6.21. The molecule has 1 N–H and O–H groups in total. The van der Waals surface area contributed by atoms with E-state index in [0.29, 0.717) is 0 Å². The summed E-state index contributed by atoms with van der Waals surface area (Å²) in [6.07, 6.45) is -0.504. The van der Waals surface area contributed by atoms with Gasteiger partial charge < -0.3 is 14.3 Å². The molecule has 0 aliphatic carbocycles. The minimum absolute atomic E-state index is 0.504. The molecule has 1 aliphatic rings. The third kappa shape index (κ3) is 5.40. The molecule has 5 nitrogen and oxygen atoms in total. The molecule has 3 heterocycles. The van der Waals surface area contributed by atoms with E-state index >= 15 is 0 Å². The molecule has 264 valence electrons. The minimum atomic E-state index is -0.504. The molecule has 0 atom stereocenters. The van der Waals surface area contributed by atoms with Gasteiger partial charge in [-0.2, -0.15) is 0 Å². The maximum Gasteiger partial charge on any atom is 0.169 e. The Balaban J connectivity index is 1.07. The van der Waals surface area contributed by atoms with Crippen molar-refractivity contribution in [1.82, 2.24) is 9.88 Å². The lowest BCUT2D eigenvalue weighted by Gasteiger charge is -2.23. The van der Waals surface area contributed by atoms with Gasteiger partial charge in [-0.25, -0.2) is 9.98 Å². The molecule has 0 saturated heterocycles. The molecule has 1 aliphatic heterocycles. The Morgan fingerprint density at radius 1 is 0.429 bits per heavy atom. The predicted molar refractivity (Wildman–Crippen MR) is 231 cm³/mol. The van der Waals surface area contributed by atoms with Crippen molar-refractivity contribution >= 4 is 55.4 Å². The van der Waals surface area contributed by atoms with E-state index in [2.05, 4.69) is 192 Å². The van der Waals surface area contributed by atoms with Crippen LogP contribution in [0, 0.1) is 0 Å². The number of rotatable bonds is 6. The number of para-hydroxylation sites is 2. The lowest BCUT2D eigenvalue weighted by atomic mass is 10.0. The Morgan fingerprint density at radius 3 is 1.62 bits per heavy atom. The highest BCUT2D eigenvalue weighted by atomic mass is 16.3. The van der Waals surface area contributed by atoms with Crippen molar-refractivity contribution < 1.29 is 4.42 Å². The second kappa shape index (κ2) is 13.1. The highest BCUT2D eigenvalue weighted by Crippen LogP contribution is 2.41. The zero-order valence-corrected chi connectivity index (χ0v) is 30.3. The summed E-state index contributed by atoms with van der Waals surface area (Å²) in [5.74, 6) is 1.53. The number of furan rings is 1. The predicted octanol–water partition coefficient (Wildman–Crippen LogP) is 12.5. The zero-order chi connectivity index (χ0) is 37.0. The van der Waals surface area contributed by atoms with Gasteiger partial charge in [0.05, 0.1) is 11.0 Å². The monoisotopic (exact) mass is 718 g/mol. The minimum Gasteiger partial charge on any atom is -0.454 e. The van der Waals surface area contributed by atoms with Crippen LogP contribution in [0.1, 0.15) is 22.9 Å². The van der Waals surface area contributed by atoms with Crippen LogP contribution in [0.2, 0.25) is 0 Å². The molecule has 11 rings (SSSR count). The Hall–Kier alpha value is -7.50. The van der Waals surface area contributed by atoms with Crippen molar-refractivity contribution in [1.29, 1.82) is 0 Å². The quantitative estimate of drug-likeness (QED) is 0.186. The number of benzene rings is 8. The smallest absolute Gasteiger partial charge is 0.169 e. The van der Waals surface area contributed by atoms with E-state index in [1.807, 2.05) is 12.1 Å². The number of aliphatic imine (C=N–C) groups is 2. The van der Waals surface area contributed by atoms with Gasteiger partial charge in [0.2, 0.25) is 0 Å². The first-order valence-corrected chi connectivity index (χ1v) is 18.9. The molecule has 2 aromatic heterocycles. The van der Waals surface area contributed by atoms with Gasteiger partial charge in [-0.05, 0) is 64.7 Å². The zero-order valence-electron chi connectivity index (χ0n) is 30.3. The summed E-state index contributed by atoms with van der Waals surface area (Å²) in [6.45, 7) is 0. The fourth-order valence-electron chi connectivity index (χ4n) is 8.15. The normalized spacial score (nSPS) is 13.3. The molecule has 5 heteroatoms. The largest absolute Gasteiger partial charge is 0.454 e. The summed E-state index contributed by atoms with van der Waals surface area (Å²) in [5.41, 5.74) is 12.5. The first kappa shape index (κ1) is 32.0. The van der Waals surface area contributed by atoms with Crippen LogP contribution in [0.5, 0.6) is 0 Å². The molecule has 0 amide bonds. The van der Waals surface area contributed by atoms with Gasteiger partial charge in [0, 0.05) is 43.9 Å². The molecule has 0 fully saturated rings. The molecule has 8 aromatic carbocycles. The van der Waals surface area contributed by atoms with E-state index in [1.165, 1.54) is 5.39 Å². The van der Waals surface area contributed by atoms with Crippen LogP contribution < -0.4 is 5.32 Å². The summed E-state index contributed by atoms with van der Waals surface area (Å²) < 4.78 is 9.23. The van der Waals surface area contributed by atoms with Crippen LogP contribution in [-0.4, -0.2) is 16.2 Å². The second-order valence-electron chi connectivity index (χ2n) is 14.2. The SMILES string of the molecule is c1ccc(-c2cccc(C3=NC(c4ccc5c(c4)oc4c5ccc5c6ccccc6n(-c6ccccc6)c54)N=C(c4cccc(-c5ccccc5)c4)N3)c2)cc1. The Kier molecular flexibility index (Phi) is 7.49. The van der Waals surface area contributed by atoms with Crippen molar-refractivity contribution in [2.45, 2.75) is 6.17 Å². The molecular weight excluding hydrogens is 685 g/mol. The molecule has 56 heavy (non-hydrogen) atoms. The molecule has 0 unspecified atom stereocenters. The number of nitrogens with one attached hydrogen (secondary N) is 1. The van der Waals surface area contributed by atoms with Gasteiger partial charge in [0.1, 0.15) is 17.3 Å². The van der Waals surface area contributed by atoms with Crippen LogP contribution in [-0.2, 0) is 0 Å². The summed E-state index contributed by atoms with van der Waals surface area (Å²) in [4.78, 5) is 10.6. The maximum absolute atomic E-state index is 6.91. The molecule has 0 spiro atoms. The summed E-state index contributed by atoms with van der Waals surface area (Å²) >= 11 is 0. The van der Waals surface area contributed by atoms with Crippen LogP contribution in [0.4, 0.5) is 0 Å². The average Bonchev–Trinajstić information content (AvgIpc) is 3.83. The van der Waals surface area contributed by atoms with E-state index in [1.54, 1.807) is 0 Å². The molecule has 0 bridgehead atoms. The van der Waals surface area contributed by atoms with Crippen LogP contribution in [0.25, 0.3) is 71.7 Å². The molecule has 10 aromatic rings. The number of nitrogens with zero attached hydrogens (tertiary/aromatic N) is 3. The second-order valence-corrected chi connectivity index (χ2v) is 14.2. The van der Waals surface area contributed by atoms with Gasteiger partial charge in [-0.3, -0.25) is 0 Å². The van der Waals surface area contributed by atoms with Crippen molar-refractivity contribution in [3.63, 3.8) is 0 Å². The van der Waals surface area contributed by atoms with Gasteiger partial charge in [0.25, 0.3) is 0 Å². The standard InChI is InChI=1S/C51H34N4O/c1-4-14-33(15-5-1)35-18-12-20-37(30-35)49-52-50(38-21-13-19-36(31-38)34-16-6-2-7-17-34)54-51(53-49)39-26-27-42-44-29-28-43-41-24-10-11-25-45(41)55(40-22-8-3-9-23-40)47(43)48(44)56-46(42)32-39/h1-32,51H,(H,52,53,54). The van der Waals surface area contributed by atoms with E-state index in [-0.39, 0.29) is 0 Å². The molecule has 0 radical (unpaired) electrons. The number of amidine groups is 2. The fraction of sp³-hybridized carbons (Fsp3) is 0.0196. The fourth-order valence-corrected chi connectivity index (χ4v) is 8.15. The molecule has 0 saturated carbocycles. The van der Waals surface area contributed by atoms with Crippen molar-refractivity contribution in [2.24, 2.45) is 9.98 Å². The van der Waals surface area contributed by atoms with Crippen LogP contribution in [0.3, 0.4) is 0 Å². The molecular formula is C51H34N4O. The lowest BCUT2D eigenvalue weighted by molar-refractivity contribution is 0.667. The van der Waals surface area contributed by atoms with Gasteiger partial charge >= 0.3 is 0 Å². The third-order valence-corrected chi connectivity index (χ3v) is 10.8. The Bertz CT molecular complexity index is 3060. The van der Waals surface area contributed by atoms with Crippen LogP contribution >= 0.6 is 0 Å². The van der Waals surface area contributed by atoms with E-state index in [0.717, 1.165) is 94.7 Å². The Morgan fingerprint density at radius 2 is 0.964 bits per heavy atom. The van der Waals surface area contributed by atoms with Gasteiger partial charge in [-0.1, -0.05) is 152 Å². The van der Waals surface area contributed by atoms with Gasteiger partial charge in [0.15, 0.2) is 11.7 Å². The van der Waals surface area contributed by atoms with Crippen molar-refractivity contribution in [3.05, 3.63) is 211 Å². The summed E-state index contributed by atoms with van der Waals surface area (Å²) in [7, 11) is 0.